The molecule has 3 N–H and O–H groups in total. The third kappa shape index (κ3) is 7.13. The smallest absolute Gasteiger partial charge is 0.326 e. The van der Waals surface area contributed by atoms with Crippen molar-refractivity contribution in [2.24, 2.45) is 0 Å². The zero-order chi connectivity index (χ0) is 26.4. The number of carbonyl (C=O) groups excluding carboxylic acids is 2. The SMILES string of the molecule is O=C(O)C(Cc1ccc(OCc2c(Cl)cccc2Cl)cc1)NC(=O)C1OCOC1C(=O)NC1CCCC1. The number of hydrogen-bond acceptors (Lipinski definition) is 6. The molecule has 1 aliphatic carbocycles. The van der Waals surface area contributed by atoms with Crippen molar-refractivity contribution in [3.63, 3.8) is 0 Å². The van der Waals surface area contributed by atoms with Crippen LogP contribution in [0.25, 0.3) is 0 Å². The molecule has 1 heterocycles. The molecule has 2 fully saturated rings. The number of aliphatic carboxylic acids is 1. The highest BCUT2D eigenvalue weighted by atomic mass is 35.5. The molecule has 1 saturated heterocycles. The summed E-state index contributed by atoms with van der Waals surface area (Å²) in [6.07, 6.45) is 1.52. The summed E-state index contributed by atoms with van der Waals surface area (Å²) in [6, 6.07) is 10.8. The molecule has 1 saturated carbocycles. The van der Waals surface area contributed by atoms with Crippen LogP contribution in [0.1, 0.15) is 36.8 Å². The fourth-order valence-corrected chi connectivity index (χ4v) is 4.88. The maximum atomic E-state index is 12.8. The molecule has 3 atom stereocenters. The third-order valence-corrected chi connectivity index (χ3v) is 7.12. The van der Waals surface area contributed by atoms with E-state index in [1.54, 1.807) is 42.5 Å². The van der Waals surface area contributed by atoms with Gasteiger partial charge in [0.05, 0.1) is 0 Å². The lowest BCUT2D eigenvalue weighted by atomic mass is 10.0. The number of benzene rings is 2. The molecule has 9 nitrogen and oxygen atoms in total. The van der Waals surface area contributed by atoms with Crippen LogP contribution >= 0.6 is 23.2 Å². The van der Waals surface area contributed by atoms with Crippen molar-refractivity contribution in [1.29, 1.82) is 0 Å². The van der Waals surface area contributed by atoms with E-state index in [0.717, 1.165) is 25.7 Å². The molecule has 0 bridgehead atoms. The number of rotatable bonds is 10. The summed E-state index contributed by atoms with van der Waals surface area (Å²) in [5, 5.41) is 16.1. The third-order valence-electron chi connectivity index (χ3n) is 6.41. The summed E-state index contributed by atoms with van der Waals surface area (Å²) in [7, 11) is 0. The molecule has 4 rings (SSSR count). The zero-order valence-electron chi connectivity index (χ0n) is 20.0. The molecule has 11 heteroatoms. The first-order valence-corrected chi connectivity index (χ1v) is 12.8. The fourth-order valence-electron chi connectivity index (χ4n) is 4.38. The summed E-state index contributed by atoms with van der Waals surface area (Å²) < 4.78 is 16.4. The van der Waals surface area contributed by atoms with Gasteiger partial charge in [0.25, 0.3) is 11.8 Å². The maximum Gasteiger partial charge on any atom is 0.326 e. The van der Waals surface area contributed by atoms with Crippen molar-refractivity contribution in [1.82, 2.24) is 10.6 Å². The van der Waals surface area contributed by atoms with Crippen molar-refractivity contribution in [3.05, 3.63) is 63.6 Å². The first-order valence-electron chi connectivity index (χ1n) is 12.0. The molecule has 2 aromatic rings. The van der Waals surface area contributed by atoms with E-state index in [0.29, 0.717) is 26.9 Å². The Morgan fingerprint density at radius 3 is 2.22 bits per heavy atom. The highest BCUT2D eigenvalue weighted by Crippen LogP contribution is 2.26. The molecule has 37 heavy (non-hydrogen) atoms. The molecular formula is C26H28Cl2N2O7. The van der Waals surface area contributed by atoms with E-state index in [1.165, 1.54) is 0 Å². The Balaban J connectivity index is 1.32. The standard InChI is InChI=1S/C26H28Cl2N2O7/c27-19-6-3-7-20(28)18(19)13-35-17-10-8-15(9-11-17)12-21(26(33)34)30-25(32)23-22(36-14-37-23)24(31)29-16-4-1-2-5-16/h3,6-11,16,21-23H,1-2,4-5,12-14H2,(H,29,31)(H,30,32)(H,33,34). The summed E-state index contributed by atoms with van der Waals surface area (Å²) in [5.41, 5.74) is 1.33. The van der Waals surface area contributed by atoms with Gasteiger partial charge in [-0.2, -0.15) is 0 Å². The molecular weight excluding hydrogens is 523 g/mol. The van der Waals surface area contributed by atoms with Crippen LogP contribution in [0.15, 0.2) is 42.5 Å². The van der Waals surface area contributed by atoms with E-state index >= 15 is 0 Å². The normalized spacial score (nSPS) is 20.4. The van der Waals surface area contributed by atoms with Crippen LogP contribution in [0.4, 0.5) is 0 Å². The van der Waals surface area contributed by atoms with Gasteiger partial charge in [0, 0.05) is 28.1 Å². The van der Waals surface area contributed by atoms with E-state index in [9.17, 15) is 19.5 Å². The van der Waals surface area contributed by atoms with Crippen LogP contribution < -0.4 is 15.4 Å². The Bertz CT molecular complexity index is 1100. The number of carboxylic acids is 1. The summed E-state index contributed by atoms with van der Waals surface area (Å²) >= 11 is 12.3. The maximum absolute atomic E-state index is 12.8. The molecule has 0 aromatic heterocycles. The highest BCUT2D eigenvalue weighted by Gasteiger charge is 2.42. The van der Waals surface area contributed by atoms with E-state index in [4.69, 9.17) is 37.4 Å². The summed E-state index contributed by atoms with van der Waals surface area (Å²) in [5.74, 6) is -1.81. The van der Waals surface area contributed by atoms with Crippen molar-refractivity contribution in [3.8, 4) is 5.75 Å². The van der Waals surface area contributed by atoms with Gasteiger partial charge in [-0.3, -0.25) is 9.59 Å². The average Bonchev–Trinajstić information content (AvgIpc) is 3.56. The minimum absolute atomic E-state index is 0.0181. The van der Waals surface area contributed by atoms with Gasteiger partial charge in [-0.25, -0.2) is 4.79 Å². The van der Waals surface area contributed by atoms with E-state index in [1.807, 2.05) is 0 Å². The van der Waals surface area contributed by atoms with Gasteiger partial charge in [-0.1, -0.05) is 54.2 Å². The molecule has 0 radical (unpaired) electrons. The summed E-state index contributed by atoms with van der Waals surface area (Å²) in [4.78, 5) is 37.3. The Hall–Kier alpha value is -2.85. The Labute approximate surface area is 224 Å². The van der Waals surface area contributed by atoms with Crippen molar-refractivity contribution < 1.29 is 33.7 Å². The van der Waals surface area contributed by atoms with Crippen LogP contribution in [0.5, 0.6) is 5.75 Å². The predicted molar refractivity (Wildman–Crippen MR) is 136 cm³/mol. The molecule has 1 aliphatic heterocycles. The molecule has 198 valence electrons. The Kier molecular flexibility index (Phi) is 9.26. The minimum atomic E-state index is -1.23. The van der Waals surface area contributed by atoms with Gasteiger partial charge in [0.15, 0.2) is 12.2 Å². The van der Waals surface area contributed by atoms with E-state index in [-0.39, 0.29) is 25.9 Å². The Morgan fingerprint density at radius 2 is 1.59 bits per heavy atom. The molecule has 2 aromatic carbocycles. The first-order chi connectivity index (χ1) is 17.8. The zero-order valence-corrected chi connectivity index (χ0v) is 21.5. The lowest BCUT2D eigenvalue weighted by molar-refractivity contribution is -0.144. The number of nitrogens with one attached hydrogen (secondary N) is 2. The van der Waals surface area contributed by atoms with E-state index < -0.39 is 36.0 Å². The number of carbonyl (C=O) groups is 3. The molecule has 2 amide bonds. The second-order valence-electron chi connectivity index (χ2n) is 9.02. The lowest BCUT2D eigenvalue weighted by Crippen LogP contribution is -2.53. The number of halogens is 2. The van der Waals surface area contributed by atoms with Crippen molar-refractivity contribution in [2.75, 3.05) is 6.79 Å². The van der Waals surface area contributed by atoms with Crippen molar-refractivity contribution >= 4 is 41.0 Å². The average molecular weight is 551 g/mol. The Morgan fingerprint density at radius 1 is 0.973 bits per heavy atom. The van der Waals surface area contributed by atoms with Crippen LogP contribution in [-0.4, -0.2) is 54.0 Å². The van der Waals surface area contributed by atoms with Gasteiger partial charge in [-0.05, 0) is 42.7 Å². The number of amides is 2. The van der Waals surface area contributed by atoms with Crippen LogP contribution in [0, 0.1) is 0 Å². The van der Waals surface area contributed by atoms with E-state index in [2.05, 4.69) is 10.6 Å². The van der Waals surface area contributed by atoms with Gasteiger partial charge >= 0.3 is 5.97 Å². The topological polar surface area (TPSA) is 123 Å². The second-order valence-corrected chi connectivity index (χ2v) is 9.83. The highest BCUT2D eigenvalue weighted by molar-refractivity contribution is 6.35. The van der Waals surface area contributed by atoms with Crippen LogP contribution in [-0.2, 0) is 36.9 Å². The van der Waals surface area contributed by atoms with Gasteiger partial charge in [0.2, 0.25) is 0 Å². The second kappa shape index (κ2) is 12.6. The quantitative estimate of drug-likeness (QED) is 0.413. The van der Waals surface area contributed by atoms with Crippen LogP contribution in [0.2, 0.25) is 10.0 Å². The molecule has 0 spiro atoms. The van der Waals surface area contributed by atoms with Gasteiger partial charge < -0.3 is 30.0 Å². The minimum Gasteiger partial charge on any atom is -0.489 e. The molecule has 3 unspecified atom stereocenters. The number of carboxylic acid groups (broad SMARTS) is 1. The van der Waals surface area contributed by atoms with Gasteiger partial charge in [0.1, 0.15) is 25.2 Å². The monoisotopic (exact) mass is 550 g/mol. The first kappa shape index (κ1) is 27.2. The molecule has 2 aliphatic rings. The fraction of sp³-hybridized carbons (Fsp3) is 0.423. The number of ether oxygens (including phenoxy) is 3. The van der Waals surface area contributed by atoms with Crippen LogP contribution in [0.3, 0.4) is 0 Å². The van der Waals surface area contributed by atoms with Gasteiger partial charge in [-0.15, -0.1) is 0 Å². The van der Waals surface area contributed by atoms with Crippen molar-refractivity contribution in [2.45, 2.75) is 63.0 Å². The largest absolute Gasteiger partial charge is 0.489 e. The lowest BCUT2D eigenvalue weighted by Gasteiger charge is -2.21. The number of hydrogen-bond donors (Lipinski definition) is 3. The predicted octanol–water partition coefficient (Wildman–Crippen LogP) is 3.48. The summed E-state index contributed by atoms with van der Waals surface area (Å²) in [6.45, 7) is -0.0515.